The normalized spacial score (nSPS) is 17.7. The molecule has 0 amide bonds. The molecule has 4 nitrogen and oxygen atoms in total. The molecule has 1 aliphatic rings. The molecule has 0 spiro atoms. The Kier molecular flexibility index (Phi) is 4.40. The van der Waals surface area contributed by atoms with Crippen LogP contribution in [0, 0.1) is 3.57 Å². The van der Waals surface area contributed by atoms with Crippen LogP contribution in [-0.4, -0.2) is 30.2 Å². The van der Waals surface area contributed by atoms with E-state index in [-0.39, 0.29) is 5.60 Å². The second kappa shape index (κ2) is 6.27. The van der Waals surface area contributed by atoms with Crippen LogP contribution >= 0.6 is 22.6 Å². The van der Waals surface area contributed by atoms with Crippen LogP contribution in [-0.2, 0) is 10.3 Å². The van der Waals surface area contributed by atoms with Crippen LogP contribution in [0.1, 0.15) is 18.4 Å². The van der Waals surface area contributed by atoms with Gasteiger partial charge in [0.15, 0.2) is 0 Å². The van der Waals surface area contributed by atoms with Crippen molar-refractivity contribution in [2.45, 2.75) is 18.4 Å². The Balaban J connectivity index is 1.77. The minimum Gasteiger partial charge on any atom is -0.373 e. The zero-order valence-electron chi connectivity index (χ0n) is 12.0. The summed E-state index contributed by atoms with van der Waals surface area (Å²) in [6.07, 6.45) is 5.48. The number of ether oxygens (including phenoxy) is 1. The molecule has 0 atom stereocenters. The summed E-state index contributed by atoms with van der Waals surface area (Å²) in [4.78, 5) is 10.9. The standard InChI is InChI=1S/C16H18IN3O/c1-21-16(13-3-5-14(17)6-4-13)7-11-20(12-8-16)15-18-9-2-10-19-15/h2-6,9-10H,7-8,11-12H2,1H3. The molecule has 2 heterocycles. The predicted octanol–water partition coefficient (Wildman–Crippen LogP) is 3.22. The van der Waals surface area contributed by atoms with Crippen LogP contribution in [0.5, 0.6) is 0 Å². The molecule has 1 aromatic carbocycles. The summed E-state index contributed by atoms with van der Waals surface area (Å²) in [6.45, 7) is 1.81. The van der Waals surface area contributed by atoms with Gasteiger partial charge in [0, 0.05) is 36.2 Å². The summed E-state index contributed by atoms with van der Waals surface area (Å²) in [6, 6.07) is 10.5. The van der Waals surface area contributed by atoms with E-state index in [4.69, 9.17) is 4.74 Å². The molecule has 1 aliphatic heterocycles. The van der Waals surface area contributed by atoms with Gasteiger partial charge in [-0.1, -0.05) is 12.1 Å². The van der Waals surface area contributed by atoms with Gasteiger partial charge in [0.25, 0.3) is 0 Å². The van der Waals surface area contributed by atoms with E-state index in [2.05, 4.69) is 61.7 Å². The largest absolute Gasteiger partial charge is 0.373 e. The first-order chi connectivity index (χ1) is 10.2. The van der Waals surface area contributed by atoms with E-state index in [9.17, 15) is 0 Å². The highest BCUT2D eigenvalue weighted by Crippen LogP contribution is 2.37. The third-order valence-electron chi connectivity index (χ3n) is 4.17. The highest BCUT2D eigenvalue weighted by Gasteiger charge is 2.36. The van der Waals surface area contributed by atoms with Crippen molar-refractivity contribution in [3.05, 3.63) is 51.9 Å². The summed E-state index contributed by atoms with van der Waals surface area (Å²) in [7, 11) is 1.81. The Morgan fingerprint density at radius 1 is 1.10 bits per heavy atom. The molecule has 21 heavy (non-hydrogen) atoms. The average molecular weight is 395 g/mol. The minimum absolute atomic E-state index is 0.185. The number of piperidine rings is 1. The molecule has 0 bridgehead atoms. The van der Waals surface area contributed by atoms with E-state index in [0.29, 0.717) is 0 Å². The molecular weight excluding hydrogens is 377 g/mol. The Morgan fingerprint density at radius 2 is 1.71 bits per heavy atom. The maximum Gasteiger partial charge on any atom is 0.225 e. The zero-order valence-corrected chi connectivity index (χ0v) is 14.2. The molecule has 0 unspecified atom stereocenters. The molecule has 0 saturated carbocycles. The molecule has 0 radical (unpaired) electrons. The highest BCUT2D eigenvalue weighted by atomic mass is 127. The first kappa shape index (κ1) is 14.7. The maximum absolute atomic E-state index is 5.92. The fraction of sp³-hybridized carbons (Fsp3) is 0.375. The molecule has 1 fully saturated rings. The van der Waals surface area contributed by atoms with Crippen molar-refractivity contribution in [3.8, 4) is 0 Å². The van der Waals surface area contributed by atoms with Gasteiger partial charge in [-0.05, 0) is 59.2 Å². The molecule has 2 aromatic rings. The van der Waals surface area contributed by atoms with Crippen molar-refractivity contribution in [1.82, 2.24) is 9.97 Å². The molecule has 1 aromatic heterocycles. The molecule has 0 aliphatic carbocycles. The summed E-state index contributed by atoms with van der Waals surface area (Å²) in [5.41, 5.74) is 1.08. The number of nitrogens with zero attached hydrogens (tertiary/aromatic N) is 3. The lowest BCUT2D eigenvalue weighted by atomic mass is 9.84. The van der Waals surface area contributed by atoms with Crippen molar-refractivity contribution in [1.29, 1.82) is 0 Å². The van der Waals surface area contributed by atoms with Gasteiger partial charge in [-0.25, -0.2) is 9.97 Å². The van der Waals surface area contributed by atoms with Gasteiger partial charge in [-0.2, -0.15) is 0 Å². The van der Waals surface area contributed by atoms with Crippen molar-refractivity contribution in [2.75, 3.05) is 25.1 Å². The number of rotatable bonds is 3. The minimum atomic E-state index is -0.185. The first-order valence-corrected chi connectivity index (χ1v) is 8.14. The van der Waals surface area contributed by atoms with Crippen LogP contribution in [0.15, 0.2) is 42.7 Å². The number of halogens is 1. The van der Waals surface area contributed by atoms with Gasteiger partial charge in [0.1, 0.15) is 0 Å². The number of hydrogen-bond acceptors (Lipinski definition) is 4. The van der Waals surface area contributed by atoms with Gasteiger partial charge < -0.3 is 9.64 Å². The topological polar surface area (TPSA) is 38.2 Å². The summed E-state index contributed by atoms with van der Waals surface area (Å²) < 4.78 is 7.17. The van der Waals surface area contributed by atoms with Crippen molar-refractivity contribution < 1.29 is 4.74 Å². The number of methoxy groups -OCH3 is 1. The molecule has 3 rings (SSSR count). The monoisotopic (exact) mass is 395 g/mol. The zero-order chi connectivity index (χ0) is 14.7. The van der Waals surface area contributed by atoms with E-state index in [1.54, 1.807) is 12.4 Å². The van der Waals surface area contributed by atoms with Gasteiger partial charge in [0.05, 0.1) is 5.60 Å². The maximum atomic E-state index is 5.92. The lowest BCUT2D eigenvalue weighted by Gasteiger charge is -2.41. The third kappa shape index (κ3) is 3.03. The quantitative estimate of drug-likeness (QED) is 0.749. The fourth-order valence-corrected chi connectivity index (χ4v) is 3.25. The van der Waals surface area contributed by atoms with Gasteiger partial charge in [-0.3, -0.25) is 0 Å². The fourth-order valence-electron chi connectivity index (χ4n) is 2.89. The van der Waals surface area contributed by atoms with E-state index in [1.807, 2.05) is 13.2 Å². The Morgan fingerprint density at radius 3 is 2.29 bits per heavy atom. The van der Waals surface area contributed by atoms with Crippen molar-refractivity contribution in [3.63, 3.8) is 0 Å². The van der Waals surface area contributed by atoms with Crippen LogP contribution in [0.25, 0.3) is 0 Å². The second-order valence-electron chi connectivity index (χ2n) is 5.24. The Hall–Kier alpha value is -1.21. The van der Waals surface area contributed by atoms with Crippen LogP contribution in [0.2, 0.25) is 0 Å². The van der Waals surface area contributed by atoms with E-state index in [1.165, 1.54) is 9.13 Å². The number of hydrogen-bond donors (Lipinski definition) is 0. The molecule has 0 N–H and O–H groups in total. The smallest absolute Gasteiger partial charge is 0.225 e. The van der Waals surface area contributed by atoms with Gasteiger partial charge >= 0.3 is 0 Å². The van der Waals surface area contributed by atoms with E-state index in [0.717, 1.165) is 31.9 Å². The summed E-state index contributed by atoms with van der Waals surface area (Å²) >= 11 is 2.33. The number of anilines is 1. The predicted molar refractivity (Wildman–Crippen MR) is 91.3 cm³/mol. The SMILES string of the molecule is COC1(c2ccc(I)cc2)CCN(c2ncccn2)CC1. The van der Waals surface area contributed by atoms with E-state index >= 15 is 0 Å². The van der Waals surface area contributed by atoms with Crippen LogP contribution < -0.4 is 4.90 Å². The lowest BCUT2D eigenvalue weighted by Crippen LogP contribution is -2.44. The molecule has 5 heteroatoms. The Labute approximate surface area is 138 Å². The number of aromatic nitrogens is 2. The van der Waals surface area contributed by atoms with Crippen LogP contribution in [0.3, 0.4) is 0 Å². The second-order valence-corrected chi connectivity index (χ2v) is 6.49. The first-order valence-electron chi connectivity index (χ1n) is 7.07. The van der Waals surface area contributed by atoms with Gasteiger partial charge in [0.2, 0.25) is 5.95 Å². The number of benzene rings is 1. The van der Waals surface area contributed by atoms with E-state index < -0.39 is 0 Å². The average Bonchev–Trinajstić information content (AvgIpc) is 2.56. The Bertz CT molecular complexity index is 580. The summed E-state index contributed by atoms with van der Waals surface area (Å²) in [5, 5.41) is 0. The molecule has 1 saturated heterocycles. The van der Waals surface area contributed by atoms with Crippen LogP contribution in [0.4, 0.5) is 5.95 Å². The van der Waals surface area contributed by atoms with Crippen molar-refractivity contribution in [2.24, 2.45) is 0 Å². The summed E-state index contributed by atoms with van der Waals surface area (Å²) in [5.74, 6) is 0.810. The highest BCUT2D eigenvalue weighted by molar-refractivity contribution is 14.1. The molecular formula is C16H18IN3O. The van der Waals surface area contributed by atoms with Crippen molar-refractivity contribution >= 4 is 28.5 Å². The lowest BCUT2D eigenvalue weighted by molar-refractivity contribution is -0.0348. The van der Waals surface area contributed by atoms with Gasteiger partial charge in [-0.15, -0.1) is 0 Å². The molecule has 110 valence electrons. The third-order valence-corrected chi connectivity index (χ3v) is 4.89.